The van der Waals surface area contributed by atoms with Crippen LogP contribution in [0.1, 0.15) is 55.9 Å². The molecular formula is C21H26O2. The van der Waals surface area contributed by atoms with Crippen molar-refractivity contribution >= 4 is 0 Å². The van der Waals surface area contributed by atoms with Crippen LogP contribution < -0.4 is 0 Å². The Morgan fingerprint density at radius 3 is 2.17 bits per heavy atom. The molecule has 0 radical (unpaired) electrons. The van der Waals surface area contributed by atoms with Gasteiger partial charge in [-0.25, -0.2) is 0 Å². The van der Waals surface area contributed by atoms with Crippen LogP contribution in [0.5, 0.6) is 0 Å². The number of rotatable bonds is 3. The minimum Gasteiger partial charge on any atom is -0.348 e. The maximum atomic E-state index is 5.85. The summed E-state index contributed by atoms with van der Waals surface area (Å²) in [4.78, 5) is 0. The molecule has 1 aliphatic heterocycles. The maximum Gasteiger partial charge on any atom is 0.183 e. The summed E-state index contributed by atoms with van der Waals surface area (Å²) in [5.74, 6) is 4.42. The quantitative estimate of drug-likeness (QED) is 0.588. The zero-order valence-corrected chi connectivity index (χ0v) is 13.9. The molecule has 2 fully saturated rings. The lowest BCUT2D eigenvalue weighted by atomic mass is 9.79. The second-order valence-electron chi connectivity index (χ2n) is 6.67. The molecule has 1 saturated carbocycles. The van der Waals surface area contributed by atoms with Crippen LogP contribution in [0.3, 0.4) is 0 Å². The van der Waals surface area contributed by atoms with Gasteiger partial charge in [-0.05, 0) is 44.1 Å². The van der Waals surface area contributed by atoms with Crippen LogP contribution in [0.25, 0.3) is 0 Å². The van der Waals surface area contributed by atoms with Gasteiger partial charge in [0.1, 0.15) is 0 Å². The van der Waals surface area contributed by atoms with Gasteiger partial charge in [-0.3, -0.25) is 0 Å². The molecule has 0 atom stereocenters. The first kappa shape index (κ1) is 16.3. The molecule has 0 bridgehead atoms. The van der Waals surface area contributed by atoms with Gasteiger partial charge in [0.05, 0.1) is 13.2 Å². The van der Waals surface area contributed by atoms with E-state index in [1.807, 2.05) is 6.92 Å². The summed E-state index contributed by atoms with van der Waals surface area (Å²) in [6.45, 7) is 3.49. The fourth-order valence-electron chi connectivity index (χ4n) is 3.61. The van der Waals surface area contributed by atoms with Crippen LogP contribution in [0, 0.1) is 24.2 Å². The molecule has 0 unspecified atom stereocenters. The number of allylic oxidation sites excluding steroid dienone is 1. The zero-order valence-electron chi connectivity index (χ0n) is 13.9. The van der Waals surface area contributed by atoms with Gasteiger partial charge in [-0.2, -0.15) is 0 Å². The first-order valence-electron chi connectivity index (χ1n) is 8.72. The van der Waals surface area contributed by atoms with Gasteiger partial charge in [0, 0.05) is 17.4 Å². The minimum absolute atomic E-state index is 0.220. The summed E-state index contributed by atoms with van der Waals surface area (Å²) in [5, 5.41) is 0. The Balaban J connectivity index is 1.57. The zero-order chi connectivity index (χ0) is 16.1. The van der Waals surface area contributed by atoms with E-state index >= 15 is 0 Å². The molecule has 0 amide bonds. The van der Waals surface area contributed by atoms with Crippen molar-refractivity contribution in [1.82, 2.24) is 0 Å². The second kappa shape index (κ2) is 7.81. The van der Waals surface area contributed by atoms with Crippen LogP contribution in [-0.4, -0.2) is 13.2 Å². The fourth-order valence-corrected chi connectivity index (χ4v) is 3.61. The number of ether oxygens (including phenoxy) is 2. The lowest BCUT2D eigenvalue weighted by Gasteiger charge is -2.29. The molecular weight excluding hydrogens is 284 g/mol. The molecule has 0 N–H and O–H groups in total. The van der Waals surface area contributed by atoms with E-state index in [-0.39, 0.29) is 6.29 Å². The van der Waals surface area contributed by atoms with Gasteiger partial charge in [0.25, 0.3) is 0 Å². The van der Waals surface area contributed by atoms with Gasteiger partial charge in [-0.1, -0.05) is 36.4 Å². The Kier molecular flexibility index (Phi) is 5.54. The molecule has 2 heteroatoms. The van der Waals surface area contributed by atoms with E-state index in [9.17, 15) is 0 Å². The van der Waals surface area contributed by atoms with Gasteiger partial charge < -0.3 is 9.47 Å². The van der Waals surface area contributed by atoms with Crippen molar-refractivity contribution in [1.29, 1.82) is 0 Å². The standard InChI is InChI=1S/C21H26O2/c1-3-5-17-14-22-21(23-15-17)20-12-10-19(11-13-20)18-8-6-16(4-2)7-9-18/h2-3,5,10-13,16-18,21H,6-9,14-15H2,1H3/b5-3+. The molecule has 122 valence electrons. The largest absolute Gasteiger partial charge is 0.348 e. The summed E-state index contributed by atoms with van der Waals surface area (Å²) in [6.07, 6.45) is 14.2. The number of hydrogen-bond donors (Lipinski definition) is 0. The lowest BCUT2D eigenvalue weighted by molar-refractivity contribution is -0.197. The Bertz CT molecular complexity index is 550. The molecule has 2 aliphatic rings. The predicted molar refractivity (Wildman–Crippen MR) is 92.9 cm³/mol. The van der Waals surface area contributed by atoms with E-state index in [2.05, 4.69) is 42.3 Å². The molecule has 1 aromatic carbocycles. The van der Waals surface area contributed by atoms with Crippen LogP contribution >= 0.6 is 0 Å². The third-order valence-electron chi connectivity index (χ3n) is 5.03. The van der Waals surface area contributed by atoms with E-state index in [4.69, 9.17) is 15.9 Å². The van der Waals surface area contributed by atoms with Gasteiger partial charge in [0.2, 0.25) is 0 Å². The van der Waals surface area contributed by atoms with Gasteiger partial charge >= 0.3 is 0 Å². The van der Waals surface area contributed by atoms with E-state index in [1.54, 1.807) is 0 Å². The summed E-state index contributed by atoms with van der Waals surface area (Å²) in [7, 11) is 0. The molecule has 0 aromatic heterocycles. The van der Waals surface area contributed by atoms with Crippen LogP contribution in [0.15, 0.2) is 36.4 Å². The van der Waals surface area contributed by atoms with Crippen LogP contribution in [0.4, 0.5) is 0 Å². The Labute approximate surface area is 139 Å². The molecule has 2 nitrogen and oxygen atoms in total. The minimum atomic E-state index is -0.220. The molecule has 23 heavy (non-hydrogen) atoms. The first-order chi connectivity index (χ1) is 11.3. The Morgan fingerprint density at radius 2 is 1.61 bits per heavy atom. The Hall–Kier alpha value is -1.56. The summed E-state index contributed by atoms with van der Waals surface area (Å²) < 4.78 is 11.7. The van der Waals surface area contributed by atoms with E-state index in [0.29, 0.717) is 17.8 Å². The van der Waals surface area contributed by atoms with Crippen molar-refractivity contribution in [3.8, 4) is 12.3 Å². The van der Waals surface area contributed by atoms with Crippen molar-refractivity contribution in [2.75, 3.05) is 13.2 Å². The third-order valence-corrected chi connectivity index (χ3v) is 5.03. The van der Waals surface area contributed by atoms with E-state index < -0.39 is 0 Å². The first-order valence-corrected chi connectivity index (χ1v) is 8.72. The molecule has 1 saturated heterocycles. The normalized spacial score (nSPS) is 31.8. The second-order valence-corrected chi connectivity index (χ2v) is 6.67. The molecule has 1 heterocycles. The summed E-state index contributed by atoms with van der Waals surface area (Å²) in [6, 6.07) is 8.79. The highest BCUT2D eigenvalue weighted by atomic mass is 16.7. The molecule has 0 spiro atoms. The lowest BCUT2D eigenvalue weighted by Crippen LogP contribution is -2.25. The Morgan fingerprint density at radius 1 is 1.00 bits per heavy atom. The molecule has 1 aromatic rings. The highest BCUT2D eigenvalue weighted by Crippen LogP contribution is 2.36. The van der Waals surface area contributed by atoms with E-state index in [1.165, 1.54) is 18.4 Å². The van der Waals surface area contributed by atoms with Gasteiger partial charge in [0.15, 0.2) is 6.29 Å². The topological polar surface area (TPSA) is 18.5 Å². The highest BCUT2D eigenvalue weighted by Gasteiger charge is 2.24. The summed E-state index contributed by atoms with van der Waals surface area (Å²) in [5.41, 5.74) is 2.54. The van der Waals surface area contributed by atoms with Crippen molar-refractivity contribution in [3.63, 3.8) is 0 Å². The fraction of sp³-hybridized carbons (Fsp3) is 0.524. The third kappa shape index (κ3) is 4.05. The smallest absolute Gasteiger partial charge is 0.183 e. The molecule has 1 aliphatic carbocycles. The number of hydrogen-bond acceptors (Lipinski definition) is 2. The van der Waals surface area contributed by atoms with Crippen molar-refractivity contribution < 1.29 is 9.47 Å². The van der Waals surface area contributed by atoms with Crippen molar-refractivity contribution in [3.05, 3.63) is 47.5 Å². The predicted octanol–water partition coefficient (Wildman–Crippen LogP) is 4.83. The van der Waals surface area contributed by atoms with E-state index in [0.717, 1.165) is 31.6 Å². The van der Waals surface area contributed by atoms with Gasteiger partial charge in [-0.15, -0.1) is 12.3 Å². The maximum absolute atomic E-state index is 5.85. The number of benzene rings is 1. The van der Waals surface area contributed by atoms with Crippen LogP contribution in [-0.2, 0) is 9.47 Å². The van der Waals surface area contributed by atoms with Crippen molar-refractivity contribution in [2.24, 2.45) is 11.8 Å². The average molecular weight is 310 g/mol. The van der Waals surface area contributed by atoms with Crippen molar-refractivity contribution in [2.45, 2.75) is 44.8 Å². The highest BCUT2D eigenvalue weighted by molar-refractivity contribution is 5.27. The summed E-state index contributed by atoms with van der Waals surface area (Å²) >= 11 is 0. The average Bonchev–Trinajstić information content (AvgIpc) is 2.63. The van der Waals surface area contributed by atoms with Crippen LogP contribution in [0.2, 0.25) is 0 Å². The molecule has 3 rings (SSSR count). The monoisotopic (exact) mass is 310 g/mol. The SMILES string of the molecule is C#CC1CCC(c2ccc(C3OCC(/C=C/C)CO3)cc2)CC1. The number of terminal acetylenes is 1.